The Morgan fingerprint density at radius 3 is 2.23 bits per heavy atom. The van der Waals surface area contributed by atoms with E-state index in [0.29, 0.717) is 5.56 Å². The number of benzene rings is 2. The minimum atomic E-state index is -0.755. The van der Waals surface area contributed by atoms with Crippen LogP contribution in [0.4, 0.5) is 8.78 Å². The summed E-state index contributed by atoms with van der Waals surface area (Å²) in [6.07, 6.45) is 6.12. The zero-order valence-corrected chi connectivity index (χ0v) is 13.5. The lowest BCUT2D eigenvalue weighted by molar-refractivity contribution is 0.462. The Hall–Kier alpha value is -1.70. The molecule has 0 nitrogen and oxygen atoms in total. The number of alkyl halides is 1. The maximum absolute atomic E-state index is 13.9. The highest BCUT2D eigenvalue weighted by Crippen LogP contribution is 2.26. The number of hydrogen-bond acceptors (Lipinski definition) is 0. The summed E-state index contributed by atoms with van der Waals surface area (Å²) in [5.41, 5.74) is 3.93. The van der Waals surface area contributed by atoms with Gasteiger partial charge in [-0.1, -0.05) is 56.5 Å². The first-order chi connectivity index (χ1) is 10.7. The molecule has 118 valence electrons. The highest BCUT2D eigenvalue weighted by molar-refractivity contribution is 5.65. The Morgan fingerprint density at radius 2 is 1.64 bits per heavy atom. The third kappa shape index (κ3) is 4.16. The Morgan fingerprint density at radius 1 is 0.909 bits per heavy atom. The van der Waals surface area contributed by atoms with Crippen molar-refractivity contribution in [3.8, 4) is 11.1 Å². The fraction of sp³-hybridized carbons (Fsp3) is 0.400. The molecular formula is C20H24F2. The summed E-state index contributed by atoms with van der Waals surface area (Å²) in [4.78, 5) is 0. The lowest BCUT2D eigenvalue weighted by atomic mass is 9.98. The largest absolute Gasteiger partial charge is 0.246 e. The maximum atomic E-state index is 13.9. The minimum absolute atomic E-state index is 0.163. The quantitative estimate of drug-likeness (QED) is 0.520. The first-order valence-corrected chi connectivity index (χ1v) is 8.10. The van der Waals surface area contributed by atoms with E-state index in [1.165, 1.54) is 37.3 Å². The first kappa shape index (κ1) is 16.7. The summed E-state index contributed by atoms with van der Waals surface area (Å²) in [6.45, 7) is 3.21. The van der Waals surface area contributed by atoms with Gasteiger partial charge in [0.05, 0.1) is 0 Å². The van der Waals surface area contributed by atoms with E-state index in [1.807, 2.05) is 18.2 Å². The molecule has 0 saturated heterocycles. The predicted molar refractivity (Wildman–Crippen MR) is 89.2 cm³/mol. The van der Waals surface area contributed by atoms with Crippen LogP contribution < -0.4 is 0 Å². The lowest BCUT2D eigenvalue weighted by Crippen LogP contribution is -1.93. The number of unbranched alkanes of at least 4 members (excludes halogenated alkanes) is 3. The van der Waals surface area contributed by atoms with Gasteiger partial charge in [0.15, 0.2) is 0 Å². The number of rotatable bonds is 7. The van der Waals surface area contributed by atoms with Crippen molar-refractivity contribution in [2.24, 2.45) is 0 Å². The monoisotopic (exact) mass is 302 g/mol. The average molecular weight is 302 g/mol. The van der Waals surface area contributed by atoms with Crippen molar-refractivity contribution in [3.63, 3.8) is 0 Å². The second-order valence-electron chi connectivity index (χ2n) is 5.89. The van der Waals surface area contributed by atoms with Crippen LogP contribution >= 0.6 is 0 Å². The van der Waals surface area contributed by atoms with Crippen LogP contribution in [0.25, 0.3) is 11.1 Å². The molecule has 2 rings (SSSR count). The van der Waals surface area contributed by atoms with Crippen LogP contribution in [0.15, 0.2) is 36.4 Å². The third-order valence-electron chi connectivity index (χ3n) is 4.16. The predicted octanol–water partition coefficient (Wildman–Crippen LogP) is 6.39. The molecule has 0 heterocycles. The van der Waals surface area contributed by atoms with Gasteiger partial charge in [-0.3, -0.25) is 0 Å². The van der Waals surface area contributed by atoms with Crippen LogP contribution in [0.2, 0.25) is 0 Å². The van der Waals surface area contributed by atoms with Crippen LogP contribution in [-0.4, -0.2) is 0 Å². The number of halogens is 2. The Labute approximate surface area is 132 Å². The fourth-order valence-corrected chi connectivity index (χ4v) is 2.73. The molecule has 0 atom stereocenters. The highest BCUT2D eigenvalue weighted by atomic mass is 19.1. The van der Waals surface area contributed by atoms with Crippen molar-refractivity contribution in [2.45, 2.75) is 52.6 Å². The van der Waals surface area contributed by atoms with Crippen molar-refractivity contribution in [1.82, 2.24) is 0 Å². The molecule has 2 aromatic carbocycles. The van der Waals surface area contributed by atoms with Crippen LogP contribution in [0.3, 0.4) is 0 Å². The molecule has 0 aliphatic rings. The van der Waals surface area contributed by atoms with Crippen LogP contribution in [-0.2, 0) is 13.1 Å². The van der Waals surface area contributed by atoms with E-state index in [9.17, 15) is 8.78 Å². The Bertz CT molecular complexity index is 577. The maximum Gasteiger partial charge on any atom is 0.129 e. The molecular weight excluding hydrogens is 278 g/mol. The fourth-order valence-electron chi connectivity index (χ4n) is 2.73. The molecule has 22 heavy (non-hydrogen) atoms. The van der Waals surface area contributed by atoms with Crippen LogP contribution in [0.5, 0.6) is 0 Å². The van der Waals surface area contributed by atoms with Crippen molar-refractivity contribution in [2.75, 3.05) is 0 Å². The first-order valence-electron chi connectivity index (χ1n) is 8.10. The van der Waals surface area contributed by atoms with E-state index in [2.05, 4.69) is 19.1 Å². The van der Waals surface area contributed by atoms with Gasteiger partial charge >= 0.3 is 0 Å². The molecule has 0 aliphatic carbocycles. The summed E-state index contributed by atoms with van der Waals surface area (Å²) in [5, 5.41) is 0. The molecule has 0 spiro atoms. The van der Waals surface area contributed by atoms with E-state index in [0.717, 1.165) is 17.5 Å². The second kappa shape index (κ2) is 8.07. The highest BCUT2D eigenvalue weighted by Gasteiger charge is 2.09. The van der Waals surface area contributed by atoms with E-state index in [-0.39, 0.29) is 5.56 Å². The summed E-state index contributed by atoms with van der Waals surface area (Å²) in [7, 11) is 0. The standard InChI is InChI=1S/C20H24F2/c1-3-4-5-6-7-16-8-10-17(11-9-16)18-12-15(2)19(14-21)20(22)13-18/h8-13H,3-7,14H2,1-2H3. The molecule has 0 N–H and O–H groups in total. The molecule has 0 fully saturated rings. The van der Waals surface area contributed by atoms with Gasteiger partial charge in [0.1, 0.15) is 12.5 Å². The van der Waals surface area contributed by atoms with E-state index < -0.39 is 12.5 Å². The molecule has 0 unspecified atom stereocenters. The van der Waals surface area contributed by atoms with Gasteiger partial charge in [-0.25, -0.2) is 8.78 Å². The van der Waals surface area contributed by atoms with Crippen molar-refractivity contribution in [1.29, 1.82) is 0 Å². The lowest BCUT2D eigenvalue weighted by Gasteiger charge is -2.09. The van der Waals surface area contributed by atoms with E-state index in [4.69, 9.17) is 0 Å². The zero-order chi connectivity index (χ0) is 15.9. The molecule has 0 aliphatic heterocycles. The van der Waals surface area contributed by atoms with Gasteiger partial charge in [0.2, 0.25) is 0 Å². The molecule has 0 aromatic heterocycles. The number of aryl methyl sites for hydroxylation is 2. The van der Waals surface area contributed by atoms with E-state index in [1.54, 1.807) is 6.92 Å². The molecule has 2 heteroatoms. The number of hydrogen-bond donors (Lipinski definition) is 0. The smallest absolute Gasteiger partial charge is 0.129 e. The van der Waals surface area contributed by atoms with Crippen molar-refractivity contribution < 1.29 is 8.78 Å². The van der Waals surface area contributed by atoms with E-state index >= 15 is 0 Å². The van der Waals surface area contributed by atoms with Gasteiger partial charge < -0.3 is 0 Å². The van der Waals surface area contributed by atoms with Crippen molar-refractivity contribution >= 4 is 0 Å². The molecule has 0 radical (unpaired) electrons. The molecule has 2 aromatic rings. The van der Waals surface area contributed by atoms with Crippen LogP contribution in [0.1, 0.15) is 49.3 Å². The average Bonchev–Trinajstić information content (AvgIpc) is 2.52. The van der Waals surface area contributed by atoms with Gasteiger partial charge in [-0.05, 0) is 48.1 Å². The normalized spacial score (nSPS) is 10.9. The summed E-state index contributed by atoms with van der Waals surface area (Å²) >= 11 is 0. The van der Waals surface area contributed by atoms with Crippen molar-refractivity contribution in [3.05, 3.63) is 58.9 Å². The molecule has 0 bridgehead atoms. The topological polar surface area (TPSA) is 0 Å². The van der Waals surface area contributed by atoms with Gasteiger partial charge in [-0.15, -0.1) is 0 Å². The minimum Gasteiger partial charge on any atom is -0.246 e. The second-order valence-corrected chi connectivity index (χ2v) is 5.89. The Balaban J connectivity index is 2.10. The SMILES string of the molecule is CCCCCCc1ccc(-c2cc(C)c(CF)c(F)c2)cc1. The van der Waals surface area contributed by atoms with Gasteiger partial charge in [-0.2, -0.15) is 0 Å². The van der Waals surface area contributed by atoms with Gasteiger partial charge in [0, 0.05) is 5.56 Å². The van der Waals surface area contributed by atoms with Gasteiger partial charge in [0.25, 0.3) is 0 Å². The summed E-state index contributed by atoms with van der Waals surface area (Å²) in [5.74, 6) is -0.457. The van der Waals surface area contributed by atoms with Crippen LogP contribution in [0, 0.1) is 12.7 Å². The molecule has 0 saturated carbocycles. The molecule has 0 amide bonds. The zero-order valence-electron chi connectivity index (χ0n) is 13.5. The summed E-state index contributed by atoms with van der Waals surface area (Å²) < 4.78 is 26.6. The third-order valence-corrected chi connectivity index (χ3v) is 4.16. The Kier molecular flexibility index (Phi) is 6.11. The summed E-state index contributed by atoms with van der Waals surface area (Å²) in [6, 6.07) is 11.6.